The van der Waals surface area contributed by atoms with E-state index in [4.69, 9.17) is 9.47 Å². The SMILES string of the molecule is CSNc1ccc2c(n1)OCCO2. The zero-order valence-electron chi connectivity index (χ0n) is 7.24. The van der Waals surface area contributed by atoms with Crippen molar-refractivity contribution in [3.8, 4) is 11.6 Å². The number of nitrogens with zero attached hydrogens (tertiary/aromatic N) is 1. The van der Waals surface area contributed by atoms with Crippen molar-refractivity contribution in [2.45, 2.75) is 0 Å². The Kier molecular flexibility index (Phi) is 2.44. The predicted molar refractivity (Wildman–Crippen MR) is 52.4 cm³/mol. The summed E-state index contributed by atoms with van der Waals surface area (Å²) in [5.41, 5.74) is 0. The summed E-state index contributed by atoms with van der Waals surface area (Å²) in [7, 11) is 0. The van der Waals surface area contributed by atoms with E-state index in [1.807, 2.05) is 18.4 Å². The number of ether oxygens (including phenoxy) is 2. The quantitative estimate of drug-likeness (QED) is 0.730. The zero-order chi connectivity index (χ0) is 9.10. The third-order valence-corrected chi connectivity index (χ3v) is 2.02. The molecule has 0 unspecified atom stereocenters. The van der Waals surface area contributed by atoms with Crippen LogP contribution in [0.2, 0.25) is 0 Å². The highest BCUT2D eigenvalue weighted by atomic mass is 32.2. The van der Waals surface area contributed by atoms with Gasteiger partial charge >= 0.3 is 0 Å². The number of pyridine rings is 1. The van der Waals surface area contributed by atoms with Crippen LogP contribution in [0.3, 0.4) is 0 Å². The smallest absolute Gasteiger partial charge is 0.259 e. The number of hydrogen-bond donors (Lipinski definition) is 1. The van der Waals surface area contributed by atoms with Crippen LogP contribution in [0.5, 0.6) is 11.6 Å². The van der Waals surface area contributed by atoms with E-state index >= 15 is 0 Å². The number of fused-ring (bicyclic) bond motifs is 1. The van der Waals surface area contributed by atoms with E-state index in [0.717, 1.165) is 11.6 Å². The molecule has 2 rings (SSSR count). The van der Waals surface area contributed by atoms with Crippen LogP contribution in [0, 0.1) is 0 Å². The van der Waals surface area contributed by atoms with Crippen molar-refractivity contribution in [1.29, 1.82) is 0 Å². The van der Waals surface area contributed by atoms with Crippen molar-refractivity contribution < 1.29 is 9.47 Å². The molecule has 0 saturated carbocycles. The van der Waals surface area contributed by atoms with Gasteiger partial charge in [-0.05, 0) is 12.1 Å². The van der Waals surface area contributed by atoms with Crippen LogP contribution in [0.1, 0.15) is 0 Å². The van der Waals surface area contributed by atoms with E-state index in [9.17, 15) is 0 Å². The maximum absolute atomic E-state index is 5.33. The fourth-order valence-corrected chi connectivity index (χ4v) is 1.42. The van der Waals surface area contributed by atoms with Crippen molar-refractivity contribution >= 4 is 17.8 Å². The first-order valence-electron chi connectivity index (χ1n) is 3.96. The lowest BCUT2D eigenvalue weighted by Crippen LogP contribution is -2.16. The highest BCUT2D eigenvalue weighted by molar-refractivity contribution is 7.99. The normalized spacial score (nSPS) is 13.9. The van der Waals surface area contributed by atoms with Gasteiger partial charge in [-0.3, -0.25) is 0 Å². The van der Waals surface area contributed by atoms with Crippen LogP contribution >= 0.6 is 11.9 Å². The summed E-state index contributed by atoms with van der Waals surface area (Å²) >= 11 is 1.50. The largest absolute Gasteiger partial charge is 0.484 e. The molecule has 1 aliphatic heterocycles. The molecule has 70 valence electrons. The van der Waals surface area contributed by atoms with E-state index in [1.54, 1.807) is 0 Å². The maximum Gasteiger partial charge on any atom is 0.259 e. The van der Waals surface area contributed by atoms with Gasteiger partial charge in [-0.1, -0.05) is 11.9 Å². The molecule has 2 heterocycles. The topological polar surface area (TPSA) is 43.4 Å². The second-order valence-electron chi connectivity index (χ2n) is 2.50. The van der Waals surface area contributed by atoms with Crippen molar-refractivity contribution in [3.63, 3.8) is 0 Å². The number of nitrogens with one attached hydrogen (secondary N) is 1. The van der Waals surface area contributed by atoms with Gasteiger partial charge in [0, 0.05) is 6.26 Å². The Hall–Kier alpha value is -1.10. The molecule has 0 aliphatic carbocycles. The van der Waals surface area contributed by atoms with Gasteiger partial charge in [0.2, 0.25) is 0 Å². The molecule has 0 bridgehead atoms. The number of anilines is 1. The summed E-state index contributed by atoms with van der Waals surface area (Å²) in [5, 5.41) is 0. The fraction of sp³-hybridized carbons (Fsp3) is 0.375. The summed E-state index contributed by atoms with van der Waals surface area (Å²) in [5.74, 6) is 2.08. The van der Waals surface area contributed by atoms with Crippen molar-refractivity contribution in [2.24, 2.45) is 0 Å². The first kappa shape index (κ1) is 8.50. The van der Waals surface area contributed by atoms with Gasteiger partial charge in [-0.25, -0.2) is 0 Å². The Labute approximate surface area is 80.8 Å². The number of hydrogen-bond acceptors (Lipinski definition) is 5. The minimum atomic E-state index is 0.572. The van der Waals surface area contributed by atoms with Crippen LogP contribution in [-0.4, -0.2) is 24.5 Å². The third kappa shape index (κ3) is 1.80. The predicted octanol–water partition coefficient (Wildman–Crippen LogP) is 1.54. The molecular formula is C8H10N2O2S. The van der Waals surface area contributed by atoms with Crippen molar-refractivity contribution in [2.75, 3.05) is 24.2 Å². The molecule has 0 atom stereocenters. The molecule has 0 radical (unpaired) electrons. The zero-order valence-corrected chi connectivity index (χ0v) is 8.06. The summed E-state index contributed by atoms with van der Waals surface area (Å²) < 4.78 is 13.7. The van der Waals surface area contributed by atoms with Crippen molar-refractivity contribution in [3.05, 3.63) is 12.1 Å². The average Bonchev–Trinajstić information content (AvgIpc) is 2.18. The Balaban J connectivity index is 2.24. The maximum atomic E-state index is 5.33. The molecule has 0 aromatic carbocycles. The average molecular weight is 198 g/mol. The lowest BCUT2D eigenvalue weighted by Gasteiger charge is -2.17. The Bertz CT molecular complexity index is 306. The second-order valence-corrected chi connectivity index (χ2v) is 3.12. The molecule has 5 heteroatoms. The van der Waals surface area contributed by atoms with Crippen LogP contribution in [0.25, 0.3) is 0 Å². The molecule has 4 nitrogen and oxygen atoms in total. The molecular weight excluding hydrogens is 188 g/mol. The minimum Gasteiger partial charge on any atom is -0.484 e. The van der Waals surface area contributed by atoms with Gasteiger partial charge in [-0.2, -0.15) is 4.98 Å². The van der Waals surface area contributed by atoms with Crippen LogP contribution in [0.15, 0.2) is 12.1 Å². The monoisotopic (exact) mass is 198 g/mol. The highest BCUT2D eigenvalue weighted by Gasteiger charge is 2.12. The van der Waals surface area contributed by atoms with Gasteiger partial charge < -0.3 is 14.2 Å². The first-order valence-corrected chi connectivity index (χ1v) is 5.18. The number of aromatic nitrogens is 1. The van der Waals surface area contributed by atoms with Gasteiger partial charge in [0.1, 0.15) is 19.0 Å². The fourth-order valence-electron chi connectivity index (χ4n) is 1.09. The van der Waals surface area contributed by atoms with Gasteiger partial charge in [0.25, 0.3) is 5.88 Å². The molecule has 1 aliphatic rings. The van der Waals surface area contributed by atoms with E-state index in [1.165, 1.54) is 11.9 Å². The van der Waals surface area contributed by atoms with Crippen LogP contribution < -0.4 is 14.2 Å². The molecule has 1 aromatic rings. The molecule has 1 aromatic heterocycles. The lowest BCUT2D eigenvalue weighted by molar-refractivity contribution is 0.165. The number of rotatable bonds is 2. The van der Waals surface area contributed by atoms with E-state index in [2.05, 4.69) is 9.71 Å². The van der Waals surface area contributed by atoms with E-state index in [-0.39, 0.29) is 0 Å². The molecule has 0 amide bonds. The first-order chi connectivity index (χ1) is 6.40. The molecule has 0 fully saturated rings. The molecule has 1 N–H and O–H groups in total. The molecule has 13 heavy (non-hydrogen) atoms. The summed E-state index contributed by atoms with van der Waals surface area (Å²) in [6.45, 7) is 1.17. The minimum absolute atomic E-state index is 0.572. The van der Waals surface area contributed by atoms with E-state index < -0.39 is 0 Å². The molecule has 0 spiro atoms. The van der Waals surface area contributed by atoms with Crippen LogP contribution in [-0.2, 0) is 0 Å². The summed E-state index contributed by atoms with van der Waals surface area (Å²) in [4.78, 5) is 4.22. The Morgan fingerprint density at radius 1 is 1.38 bits per heavy atom. The van der Waals surface area contributed by atoms with Crippen LogP contribution in [0.4, 0.5) is 5.82 Å². The van der Waals surface area contributed by atoms with E-state index in [0.29, 0.717) is 19.1 Å². The lowest BCUT2D eigenvalue weighted by atomic mass is 10.4. The second kappa shape index (κ2) is 3.74. The molecule has 0 saturated heterocycles. The standard InChI is InChI=1S/C8H10N2O2S/c1-13-10-7-3-2-6-8(9-7)12-5-4-11-6/h2-3H,4-5H2,1H3,(H,9,10). The Morgan fingerprint density at radius 2 is 2.23 bits per heavy atom. The van der Waals surface area contributed by atoms with Gasteiger partial charge in [0.15, 0.2) is 5.75 Å². The Morgan fingerprint density at radius 3 is 3.08 bits per heavy atom. The van der Waals surface area contributed by atoms with Gasteiger partial charge in [0.05, 0.1) is 0 Å². The van der Waals surface area contributed by atoms with Crippen molar-refractivity contribution in [1.82, 2.24) is 4.98 Å². The summed E-state index contributed by atoms with van der Waals surface area (Å²) in [6.07, 6.45) is 1.94. The van der Waals surface area contributed by atoms with Gasteiger partial charge in [-0.15, -0.1) is 0 Å². The highest BCUT2D eigenvalue weighted by Crippen LogP contribution is 2.29. The summed E-state index contributed by atoms with van der Waals surface area (Å²) in [6, 6.07) is 3.73. The third-order valence-electron chi connectivity index (χ3n) is 1.61.